The molecule has 3 heterocycles. The topological polar surface area (TPSA) is 66.7 Å². The molecule has 2 amide bonds. The normalized spacial score (nSPS) is 17.0. The summed E-state index contributed by atoms with van der Waals surface area (Å²) >= 11 is 0. The Morgan fingerprint density at radius 2 is 2.04 bits per heavy atom. The molecule has 26 heavy (non-hydrogen) atoms. The molecular formula is C20H20N4O2. The molecular weight excluding hydrogens is 328 g/mol. The van der Waals surface area contributed by atoms with Crippen LogP contribution in [0.5, 0.6) is 0 Å². The molecule has 0 saturated carbocycles. The quantitative estimate of drug-likeness (QED) is 0.786. The van der Waals surface area contributed by atoms with Gasteiger partial charge in [-0.3, -0.25) is 9.59 Å². The van der Waals surface area contributed by atoms with E-state index in [1.165, 1.54) is 11.8 Å². The Balaban J connectivity index is 1.43. The van der Waals surface area contributed by atoms with Crippen molar-refractivity contribution in [1.82, 2.24) is 19.8 Å². The highest BCUT2D eigenvalue weighted by Gasteiger charge is 2.33. The Morgan fingerprint density at radius 1 is 1.23 bits per heavy atom. The summed E-state index contributed by atoms with van der Waals surface area (Å²) in [6, 6.07) is 13.2. The molecule has 0 radical (unpaired) electrons. The van der Waals surface area contributed by atoms with E-state index in [1.807, 2.05) is 49.4 Å². The van der Waals surface area contributed by atoms with Gasteiger partial charge in [-0.25, -0.2) is 4.52 Å². The third-order valence-electron chi connectivity index (χ3n) is 4.77. The lowest BCUT2D eigenvalue weighted by molar-refractivity contribution is -0.129. The highest BCUT2D eigenvalue weighted by Crippen LogP contribution is 2.17. The molecule has 1 atom stereocenters. The molecule has 1 N–H and O–H groups in total. The second kappa shape index (κ2) is 6.63. The second-order valence-corrected chi connectivity index (χ2v) is 6.65. The van der Waals surface area contributed by atoms with Crippen LogP contribution in [0.3, 0.4) is 0 Å². The monoisotopic (exact) mass is 348 g/mol. The van der Waals surface area contributed by atoms with E-state index in [4.69, 9.17) is 0 Å². The molecule has 1 aliphatic rings. The van der Waals surface area contributed by atoms with E-state index in [9.17, 15) is 9.59 Å². The SMILES string of the molecule is Cc1ccc(CN2CC[C@@H](NC(=O)c3cnn4ccccc34)C2=O)cc1. The average molecular weight is 348 g/mol. The van der Waals surface area contributed by atoms with Crippen molar-refractivity contribution < 1.29 is 9.59 Å². The van der Waals surface area contributed by atoms with Crippen LogP contribution in [0, 0.1) is 6.92 Å². The number of pyridine rings is 1. The van der Waals surface area contributed by atoms with E-state index in [1.54, 1.807) is 15.6 Å². The molecule has 4 rings (SSSR count). The number of benzene rings is 1. The van der Waals surface area contributed by atoms with Gasteiger partial charge in [-0.05, 0) is 31.0 Å². The zero-order valence-corrected chi connectivity index (χ0v) is 14.6. The molecule has 0 unspecified atom stereocenters. The molecule has 0 bridgehead atoms. The third-order valence-corrected chi connectivity index (χ3v) is 4.77. The van der Waals surface area contributed by atoms with Gasteiger partial charge in [-0.15, -0.1) is 0 Å². The van der Waals surface area contributed by atoms with Gasteiger partial charge in [-0.2, -0.15) is 5.10 Å². The van der Waals surface area contributed by atoms with E-state index in [0.29, 0.717) is 25.1 Å². The van der Waals surface area contributed by atoms with Gasteiger partial charge in [0.25, 0.3) is 5.91 Å². The van der Waals surface area contributed by atoms with Crippen molar-refractivity contribution in [3.05, 3.63) is 71.5 Å². The lowest BCUT2D eigenvalue weighted by Gasteiger charge is -2.17. The van der Waals surface area contributed by atoms with Crippen molar-refractivity contribution in [2.24, 2.45) is 0 Å². The minimum atomic E-state index is -0.480. The van der Waals surface area contributed by atoms with Crippen molar-refractivity contribution in [3.63, 3.8) is 0 Å². The summed E-state index contributed by atoms with van der Waals surface area (Å²) in [5.41, 5.74) is 3.50. The molecule has 1 aromatic carbocycles. The van der Waals surface area contributed by atoms with Gasteiger partial charge in [0.15, 0.2) is 0 Å². The van der Waals surface area contributed by atoms with Gasteiger partial charge in [0, 0.05) is 19.3 Å². The number of amides is 2. The van der Waals surface area contributed by atoms with Gasteiger partial charge >= 0.3 is 0 Å². The van der Waals surface area contributed by atoms with E-state index in [2.05, 4.69) is 10.4 Å². The van der Waals surface area contributed by atoms with Crippen LogP contribution >= 0.6 is 0 Å². The van der Waals surface area contributed by atoms with Crippen LogP contribution in [-0.4, -0.2) is 38.9 Å². The van der Waals surface area contributed by atoms with Crippen LogP contribution < -0.4 is 5.32 Å². The number of fused-ring (bicyclic) bond motifs is 1. The Kier molecular flexibility index (Phi) is 4.16. The summed E-state index contributed by atoms with van der Waals surface area (Å²) in [6.45, 7) is 3.26. The van der Waals surface area contributed by atoms with Crippen molar-refractivity contribution >= 4 is 17.3 Å². The van der Waals surface area contributed by atoms with Gasteiger partial charge in [-0.1, -0.05) is 35.9 Å². The zero-order valence-electron chi connectivity index (χ0n) is 14.6. The first-order valence-electron chi connectivity index (χ1n) is 8.69. The number of hydrogen-bond donors (Lipinski definition) is 1. The number of rotatable bonds is 4. The first-order chi connectivity index (χ1) is 12.6. The molecule has 0 aliphatic carbocycles. The molecule has 6 nitrogen and oxygen atoms in total. The van der Waals surface area contributed by atoms with Gasteiger partial charge in [0.1, 0.15) is 6.04 Å². The molecule has 1 saturated heterocycles. The fraction of sp³-hybridized carbons (Fsp3) is 0.250. The summed E-state index contributed by atoms with van der Waals surface area (Å²) in [4.78, 5) is 27.0. The zero-order chi connectivity index (χ0) is 18.1. The number of carbonyl (C=O) groups excluding carboxylic acids is 2. The third kappa shape index (κ3) is 3.06. The van der Waals surface area contributed by atoms with Gasteiger partial charge < -0.3 is 10.2 Å². The summed E-state index contributed by atoms with van der Waals surface area (Å²) in [6.07, 6.45) is 3.94. The van der Waals surface area contributed by atoms with Gasteiger partial charge in [0.05, 0.1) is 17.3 Å². The molecule has 1 aliphatic heterocycles. The minimum Gasteiger partial charge on any atom is -0.340 e. The molecule has 2 aromatic heterocycles. The molecule has 132 valence electrons. The number of aromatic nitrogens is 2. The average Bonchev–Trinajstić information content (AvgIpc) is 3.22. The summed E-state index contributed by atoms with van der Waals surface area (Å²) in [5.74, 6) is -0.294. The number of likely N-dealkylation sites (tertiary alicyclic amines) is 1. The largest absolute Gasteiger partial charge is 0.340 e. The first kappa shape index (κ1) is 16.3. The summed E-state index contributed by atoms with van der Waals surface area (Å²) in [7, 11) is 0. The van der Waals surface area contributed by atoms with Gasteiger partial charge in [0.2, 0.25) is 5.91 Å². The van der Waals surface area contributed by atoms with Crippen LogP contribution in [0.2, 0.25) is 0 Å². The molecule has 3 aromatic rings. The van der Waals surface area contributed by atoms with Crippen LogP contribution in [0.4, 0.5) is 0 Å². The van der Waals surface area contributed by atoms with E-state index < -0.39 is 6.04 Å². The number of aryl methyl sites for hydroxylation is 1. The molecule has 0 spiro atoms. The van der Waals surface area contributed by atoms with Crippen LogP contribution in [0.15, 0.2) is 54.9 Å². The van der Waals surface area contributed by atoms with Crippen molar-refractivity contribution in [1.29, 1.82) is 0 Å². The Labute approximate surface area is 151 Å². The maximum absolute atomic E-state index is 12.6. The molecule has 1 fully saturated rings. The van der Waals surface area contributed by atoms with Crippen LogP contribution in [-0.2, 0) is 11.3 Å². The minimum absolute atomic E-state index is 0.0320. The van der Waals surface area contributed by atoms with E-state index in [0.717, 1.165) is 11.1 Å². The highest BCUT2D eigenvalue weighted by molar-refractivity contribution is 6.02. The standard InChI is InChI=1S/C20H20N4O2/c1-14-5-7-15(8-6-14)13-23-11-9-17(20(23)26)22-19(25)16-12-21-24-10-3-2-4-18(16)24/h2-8,10,12,17H,9,11,13H2,1H3,(H,22,25)/t17-/m1/s1. The fourth-order valence-corrected chi connectivity index (χ4v) is 3.29. The lowest BCUT2D eigenvalue weighted by atomic mass is 10.1. The number of hydrogen-bond acceptors (Lipinski definition) is 3. The van der Waals surface area contributed by atoms with Crippen LogP contribution in [0.1, 0.15) is 27.9 Å². The van der Waals surface area contributed by atoms with Crippen molar-refractivity contribution in [2.75, 3.05) is 6.54 Å². The van der Waals surface area contributed by atoms with Crippen molar-refractivity contribution in [3.8, 4) is 0 Å². The van der Waals surface area contributed by atoms with E-state index >= 15 is 0 Å². The second-order valence-electron chi connectivity index (χ2n) is 6.65. The van der Waals surface area contributed by atoms with E-state index in [-0.39, 0.29) is 11.8 Å². The molecule has 6 heteroatoms. The number of nitrogens with one attached hydrogen (secondary N) is 1. The maximum Gasteiger partial charge on any atom is 0.255 e. The highest BCUT2D eigenvalue weighted by atomic mass is 16.2. The number of carbonyl (C=O) groups is 2. The predicted molar refractivity (Wildman–Crippen MR) is 97.7 cm³/mol. The summed E-state index contributed by atoms with van der Waals surface area (Å²) < 4.78 is 1.65. The Hall–Kier alpha value is -3.15. The fourth-order valence-electron chi connectivity index (χ4n) is 3.29. The number of nitrogens with zero attached hydrogens (tertiary/aromatic N) is 3. The first-order valence-corrected chi connectivity index (χ1v) is 8.69. The maximum atomic E-state index is 12.6. The van der Waals surface area contributed by atoms with Crippen LogP contribution in [0.25, 0.3) is 5.52 Å². The Bertz CT molecular complexity index is 961. The Morgan fingerprint density at radius 3 is 2.85 bits per heavy atom. The summed E-state index contributed by atoms with van der Waals surface area (Å²) in [5, 5.41) is 7.04. The predicted octanol–water partition coefficient (Wildman–Crippen LogP) is 2.17. The van der Waals surface area contributed by atoms with Crippen molar-refractivity contribution in [2.45, 2.75) is 25.9 Å². The smallest absolute Gasteiger partial charge is 0.255 e. The lowest BCUT2D eigenvalue weighted by Crippen LogP contribution is -2.41.